The predicted molar refractivity (Wildman–Crippen MR) is 114 cm³/mol. The molecule has 7 heteroatoms. The summed E-state index contributed by atoms with van der Waals surface area (Å²) < 4.78 is 22.3. The Morgan fingerprint density at radius 1 is 1.03 bits per heavy atom. The van der Waals surface area contributed by atoms with E-state index in [2.05, 4.69) is 5.32 Å². The number of carbonyl (C=O) groups excluding carboxylic acids is 1. The molecule has 162 valence electrons. The molecule has 1 amide bonds. The van der Waals surface area contributed by atoms with Gasteiger partial charge in [-0.1, -0.05) is 0 Å². The van der Waals surface area contributed by atoms with Crippen LogP contribution in [0.25, 0.3) is 0 Å². The molecule has 2 N–H and O–H groups in total. The van der Waals surface area contributed by atoms with Gasteiger partial charge < -0.3 is 29.4 Å². The number of aromatic hydroxyl groups is 1. The topological polar surface area (TPSA) is 86.3 Å². The minimum atomic E-state index is -1.06. The number of phenolic OH excluding ortho intramolecular Hbond substituents is 1. The number of rotatable bonds is 5. The summed E-state index contributed by atoms with van der Waals surface area (Å²) in [6, 6.07) is 3.36. The summed E-state index contributed by atoms with van der Waals surface area (Å²) >= 11 is 0. The van der Waals surface area contributed by atoms with Gasteiger partial charge in [-0.3, -0.25) is 4.79 Å². The number of anilines is 1. The molecule has 0 aromatic heterocycles. The molecule has 1 aliphatic heterocycles. The fourth-order valence-corrected chi connectivity index (χ4v) is 3.82. The summed E-state index contributed by atoms with van der Waals surface area (Å²) in [5, 5.41) is 13.3. The average molecular weight is 415 g/mol. The van der Waals surface area contributed by atoms with Crippen molar-refractivity contribution >= 4 is 11.6 Å². The van der Waals surface area contributed by atoms with Gasteiger partial charge in [0.15, 0.2) is 17.1 Å². The van der Waals surface area contributed by atoms with Gasteiger partial charge in [-0.05, 0) is 50.8 Å². The normalized spacial score (nSPS) is 17.6. The predicted octanol–water partition coefficient (Wildman–Crippen LogP) is 4.07. The second kappa shape index (κ2) is 7.97. The Hall–Kier alpha value is -3.09. The molecule has 3 rings (SSSR count). The highest BCUT2D eigenvalue weighted by Crippen LogP contribution is 2.44. The second-order valence-corrected chi connectivity index (χ2v) is 7.73. The van der Waals surface area contributed by atoms with Gasteiger partial charge >= 0.3 is 0 Å². The van der Waals surface area contributed by atoms with Gasteiger partial charge in [0.2, 0.25) is 5.75 Å². The molecule has 1 atom stereocenters. The van der Waals surface area contributed by atoms with Crippen LogP contribution in [0.15, 0.2) is 12.1 Å². The maximum Gasteiger partial charge on any atom is 0.268 e. The standard InChI is InChI=1S/C23H29NO6/c1-12-13(2)20-16(14(3)19(12)25)8-9-23(4,30-20)22(26)24-15-10-17(27-5)21(29-7)18(11-15)28-6/h10-11,25H,8-9H2,1-7H3,(H,24,26). The van der Waals surface area contributed by atoms with Crippen molar-refractivity contribution in [1.29, 1.82) is 0 Å². The molecule has 0 saturated carbocycles. The van der Waals surface area contributed by atoms with Crippen molar-refractivity contribution in [3.63, 3.8) is 0 Å². The van der Waals surface area contributed by atoms with E-state index in [1.54, 1.807) is 19.1 Å². The van der Waals surface area contributed by atoms with Crippen molar-refractivity contribution < 1.29 is 28.8 Å². The van der Waals surface area contributed by atoms with E-state index < -0.39 is 5.60 Å². The summed E-state index contributed by atoms with van der Waals surface area (Å²) in [5.41, 5.74) is 2.82. The van der Waals surface area contributed by atoms with Gasteiger partial charge in [-0.15, -0.1) is 0 Å². The van der Waals surface area contributed by atoms with Crippen molar-refractivity contribution in [3.05, 3.63) is 34.4 Å². The highest BCUT2D eigenvalue weighted by atomic mass is 16.5. The van der Waals surface area contributed by atoms with Gasteiger partial charge in [0.25, 0.3) is 5.91 Å². The number of fused-ring (bicyclic) bond motifs is 1. The number of carbonyl (C=O) groups is 1. The summed E-state index contributed by atoms with van der Waals surface area (Å²) in [4.78, 5) is 13.2. The van der Waals surface area contributed by atoms with Crippen LogP contribution in [0, 0.1) is 20.8 Å². The summed E-state index contributed by atoms with van der Waals surface area (Å²) in [7, 11) is 4.57. The van der Waals surface area contributed by atoms with Gasteiger partial charge in [-0.25, -0.2) is 0 Å². The van der Waals surface area contributed by atoms with Crippen LogP contribution in [0.4, 0.5) is 5.69 Å². The molecule has 1 unspecified atom stereocenters. The molecule has 7 nitrogen and oxygen atoms in total. The van der Waals surface area contributed by atoms with E-state index in [-0.39, 0.29) is 5.91 Å². The van der Waals surface area contributed by atoms with Crippen LogP contribution in [0.1, 0.15) is 35.6 Å². The van der Waals surface area contributed by atoms with E-state index in [4.69, 9.17) is 18.9 Å². The molecule has 0 bridgehead atoms. The SMILES string of the molecule is COc1cc(NC(=O)C2(C)CCc3c(C)c(O)c(C)c(C)c3O2)cc(OC)c1OC. The van der Waals surface area contributed by atoms with E-state index in [1.165, 1.54) is 21.3 Å². The minimum Gasteiger partial charge on any atom is -0.507 e. The molecule has 2 aromatic carbocycles. The first-order chi connectivity index (χ1) is 14.2. The van der Waals surface area contributed by atoms with E-state index in [1.807, 2.05) is 20.8 Å². The molecule has 0 spiro atoms. The van der Waals surface area contributed by atoms with Crippen molar-refractivity contribution in [2.75, 3.05) is 26.6 Å². The van der Waals surface area contributed by atoms with Gasteiger partial charge in [0.1, 0.15) is 11.5 Å². The Labute approximate surface area is 176 Å². The van der Waals surface area contributed by atoms with Crippen molar-refractivity contribution in [1.82, 2.24) is 0 Å². The maximum absolute atomic E-state index is 13.2. The molecule has 2 aromatic rings. The zero-order valence-electron chi connectivity index (χ0n) is 18.6. The Balaban J connectivity index is 1.92. The molecule has 30 heavy (non-hydrogen) atoms. The second-order valence-electron chi connectivity index (χ2n) is 7.73. The van der Waals surface area contributed by atoms with Crippen LogP contribution in [-0.4, -0.2) is 37.9 Å². The minimum absolute atomic E-state index is 0.273. The van der Waals surface area contributed by atoms with E-state index in [9.17, 15) is 9.90 Å². The molecule has 0 fully saturated rings. The Morgan fingerprint density at radius 2 is 1.63 bits per heavy atom. The summed E-state index contributed by atoms with van der Waals surface area (Å²) in [5.74, 6) is 2.05. The Morgan fingerprint density at radius 3 is 2.17 bits per heavy atom. The number of methoxy groups -OCH3 is 3. The van der Waals surface area contributed by atoms with Gasteiger partial charge in [0.05, 0.1) is 21.3 Å². The van der Waals surface area contributed by atoms with Crippen LogP contribution >= 0.6 is 0 Å². The van der Waals surface area contributed by atoms with Crippen molar-refractivity contribution in [2.45, 2.75) is 46.1 Å². The molecule has 1 aliphatic rings. The van der Waals surface area contributed by atoms with E-state index in [0.29, 0.717) is 47.3 Å². The Kier molecular flexibility index (Phi) is 5.74. The number of nitrogens with one attached hydrogen (secondary N) is 1. The van der Waals surface area contributed by atoms with Crippen LogP contribution in [0.2, 0.25) is 0 Å². The molecule has 0 radical (unpaired) electrons. The lowest BCUT2D eigenvalue weighted by atomic mass is 9.86. The summed E-state index contributed by atoms with van der Waals surface area (Å²) in [6.07, 6.45) is 1.12. The number of ether oxygens (including phenoxy) is 4. The molecular weight excluding hydrogens is 386 g/mol. The molecular formula is C23H29NO6. The lowest BCUT2D eigenvalue weighted by Crippen LogP contribution is -2.48. The van der Waals surface area contributed by atoms with Crippen molar-refractivity contribution in [3.8, 4) is 28.7 Å². The zero-order valence-corrected chi connectivity index (χ0v) is 18.6. The fraction of sp³-hybridized carbons (Fsp3) is 0.435. The number of phenols is 1. The van der Waals surface area contributed by atoms with E-state index in [0.717, 1.165) is 22.3 Å². The zero-order chi connectivity index (χ0) is 22.2. The summed E-state index contributed by atoms with van der Waals surface area (Å²) in [6.45, 7) is 7.40. The third kappa shape index (κ3) is 3.49. The largest absolute Gasteiger partial charge is 0.507 e. The lowest BCUT2D eigenvalue weighted by molar-refractivity contribution is -0.131. The highest BCUT2D eigenvalue weighted by molar-refractivity contribution is 5.98. The third-order valence-corrected chi connectivity index (χ3v) is 5.92. The van der Waals surface area contributed by atoms with Crippen molar-refractivity contribution in [2.24, 2.45) is 0 Å². The molecule has 0 saturated heterocycles. The first kappa shape index (κ1) is 21.6. The maximum atomic E-state index is 13.2. The first-order valence-corrected chi connectivity index (χ1v) is 9.78. The number of benzene rings is 2. The quantitative estimate of drug-likeness (QED) is 0.766. The third-order valence-electron chi connectivity index (χ3n) is 5.92. The first-order valence-electron chi connectivity index (χ1n) is 9.78. The smallest absolute Gasteiger partial charge is 0.268 e. The van der Waals surface area contributed by atoms with Crippen LogP contribution in [0.5, 0.6) is 28.7 Å². The number of hydrogen-bond acceptors (Lipinski definition) is 6. The average Bonchev–Trinajstić information content (AvgIpc) is 2.75. The van der Waals surface area contributed by atoms with Gasteiger partial charge in [-0.2, -0.15) is 0 Å². The Bertz CT molecular complexity index is 975. The van der Waals surface area contributed by atoms with Crippen LogP contribution < -0.4 is 24.3 Å². The van der Waals surface area contributed by atoms with E-state index >= 15 is 0 Å². The van der Waals surface area contributed by atoms with Crippen LogP contribution in [0.3, 0.4) is 0 Å². The van der Waals surface area contributed by atoms with Crippen LogP contribution in [-0.2, 0) is 11.2 Å². The monoisotopic (exact) mass is 415 g/mol. The highest BCUT2D eigenvalue weighted by Gasteiger charge is 2.41. The molecule has 1 heterocycles. The fourth-order valence-electron chi connectivity index (χ4n) is 3.82. The number of hydrogen-bond donors (Lipinski definition) is 2. The lowest BCUT2D eigenvalue weighted by Gasteiger charge is -2.36. The van der Waals surface area contributed by atoms with Gasteiger partial charge in [0, 0.05) is 29.8 Å². The number of amides is 1. The molecule has 0 aliphatic carbocycles.